The summed E-state index contributed by atoms with van der Waals surface area (Å²) in [6.07, 6.45) is 5.45. The molecule has 2 rings (SSSR count). The number of hydrogen-bond donors (Lipinski definition) is 1. The Labute approximate surface area is 106 Å². The Kier molecular flexibility index (Phi) is 4.45. The minimum absolute atomic E-state index is 0.318. The Morgan fingerprint density at radius 3 is 2.41 bits per heavy atom. The maximum atomic E-state index is 6.17. The SMILES string of the molecule is CCN1CCN(C2(CN)CCCCC2C)CC1. The molecule has 1 saturated carbocycles. The topological polar surface area (TPSA) is 32.5 Å². The van der Waals surface area contributed by atoms with Gasteiger partial charge in [0.25, 0.3) is 0 Å². The molecule has 0 radical (unpaired) electrons. The highest BCUT2D eigenvalue weighted by molar-refractivity contribution is 4.99. The summed E-state index contributed by atoms with van der Waals surface area (Å²) in [6.45, 7) is 11.6. The molecule has 1 saturated heterocycles. The average molecular weight is 239 g/mol. The van der Waals surface area contributed by atoms with Crippen molar-refractivity contribution in [1.29, 1.82) is 0 Å². The van der Waals surface area contributed by atoms with Crippen molar-refractivity contribution in [1.82, 2.24) is 9.80 Å². The summed E-state index contributed by atoms with van der Waals surface area (Å²) in [5.74, 6) is 0.773. The van der Waals surface area contributed by atoms with E-state index in [1.165, 1.54) is 58.4 Å². The molecule has 2 atom stereocenters. The third-order valence-electron chi connectivity index (χ3n) is 5.22. The minimum Gasteiger partial charge on any atom is -0.329 e. The summed E-state index contributed by atoms with van der Waals surface area (Å²) >= 11 is 0. The van der Waals surface area contributed by atoms with Crippen molar-refractivity contribution < 1.29 is 0 Å². The van der Waals surface area contributed by atoms with Gasteiger partial charge in [-0.1, -0.05) is 26.7 Å². The van der Waals surface area contributed by atoms with Crippen LogP contribution in [0.3, 0.4) is 0 Å². The van der Waals surface area contributed by atoms with Crippen molar-refractivity contribution in [2.24, 2.45) is 11.7 Å². The van der Waals surface area contributed by atoms with Crippen molar-refractivity contribution >= 4 is 0 Å². The predicted octanol–water partition coefficient (Wildman–Crippen LogP) is 1.53. The quantitative estimate of drug-likeness (QED) is 0.811. The molecule has 1 aliphatic carbocycles. The molecule has 2 N–H and O–H groups in total. The molecule has 100 valence electrons. The molecule has 0 spiro atoms. The van der Waals surface area contributed by atoms with Gasteiger partial charge >= 0.3 is 0 Å². The van der Waals surface area contributed by atoms with E-state index in [0.29, 0.717) is 5.54 Å². The van der Waals surface area contributed by atoms with E-state index in [1.54, 1.807) is 0 Å². The van der Waals surface area contributed by atoms with Gasteiger partial charge in [-0.15, -0.1) is 0 Å². The van der Waals surface area contributed by atoms with Gasteiger partial charge in [0, 0.05) is 38.3 Å². The second-order valence-corrected chi connectivity index (χ2v) is 5.88. The summed E-state index contributed by atoms with van der Waals surface area (Å²) in [6, 6.07) is 0. The van der Waals surface area contributed by atoms with Crippen LogP contribution in [0.15, 0.2) is 0 Å². The van der Waals surface area contributed by atoms with E-state index >= 15 is 0 Å². The van der Waals surface area contributed by atoms with Gasteiger partial charge in [-0.3, -0.25) is 4.90 Å². The number of rotatable bonds is 3. The van der Waals surface area contributed by atoms with Crippen LogP contribution < -0.4 is 5.73 Å². The summed E-state index contributed by atoms with van der Waals surface area (Å²) in [5, 5.41) is 0. The lowest BCUT2D eigenvalue weighted by Gasteiger charge is -2.52. The Morgan fingerprint density at radius 1 is 1.18 bits per heavy atom. The van der Waals surface area contributed by atoms with E-state index < -0.39 is 0 Å². The smallest absolute Gasteiger partial charge is 0.0358 e. The average Bonchev–Trinajstić information content (AvgIpc) is 2.40. The molecular weight excluding hydrogens is 210 g/mol. The third-order valence-corrected chi connectivity index (χ3v) is 5.22. The van der Waals surface area contributed by atoms with Crippen LogP contribution in [0.25, 0.3) is 0 Å². The molecule has 0 aromatic carbocycles. The van der Waals surface area contributed by atoms with Crippen LogP contribution in [-0.4, -0.2) is 54.6 Å². The summed E-state index contributed by atoms with van der Waals surface area (Å²) in [4.78, 5) is 5.26. The zero-order valence-electron chi connectivity index (χ0n) is 11.6. The fraction of sp³-hybridized carbons (Fsp3) is 1.00. The van der Waals surface area contributed by atoms with E-state index in [2.05, 4.69) is 23.6 Å². The van der Waals surface area contributed by atoms with Crippen LogP contribution in [0.1, 0.15) is 39.5 Å². The molecular formula is C14H29N3. The molecule has 17 heavy (non-hydrogen) atoms. The molecule has 2 fully saturated rings. The lowest BCUT2D eigenvalue weighted by Crippen LogP contribution is -2.63. The Morgan fingerprint density at radius 2 is 1.88 bits per heavy atom. The van der Waals surface area contributed by atoms with E-state index in [-0.39, 0.29) is 0 Å². The highest BCUT2D eigenvalue weighted by atomic mass is 15.3. The minimum atomic E-state index is 0.318. The van der Waals surface area contributed by atoms with E-state index in [0.717, 1.165) is 12.5 Å². The van der Waals surface area contributed by atoms with Crippen LogP contribution in [-0.2, 0) is 0 Å². The molecule has 1 heterocycles. The maximum Gasteiger partial charge on any atom is 0.0358 e. The van der Waals surface area contributed by atoms with E-state index in [1.807, 2.05) is 0 Å². The lowest BCUT2D eigenvalue weighted by molar-refractivity contribution is -0.0181. The number of likely N-dealkylation sites (N-methyl/N-ethyl adjacent to an activating group) is 1. The van der Waals surface area contributed by atoms with Crippen LogP contribution in [0.4, 0.5) is 0 Å². The Hall–Kier alpha value is -0.120. The Balaban J connectivity index is 2.02. The molecule has 3 nitrogen and oxygen atoms in total. The number of piperazine rings is 1. The monoisotopic (exact) mass is 239 g/mol. The standard InChI is InChI=1S/C14H29N3/c1-3-16-8-10-17(11-9-16)14(12-15)7-5-4-6-13(14)2/h13H,3-12,15H2,1-2H3. The molecule has 0 aromatic heterocycles. The van der Waals surface area contributed by atoms with Gasteiger partial charge < -0.3 is 10.6 Å². The molecule has 0 amide bonds. The van der Waals surface area contributed by atoms with Crippen LogP contribution >= 0.6 is 0 Å². The highest BCUT2D eigenvalue weighted by Crippen LogP contribution is 2.38. The summed E-state index contributed by atoms with van der Waals surface area (Å²) < 4.78 is 0. The first kappa shape index (κ1) is 13.3. The van der Waals surface area contributed by atoms with Crippen molar-refractivity contribution in [2.45, 2.75) is 45.1 Å². The maximum absolute atomic E-state index is 6.17. The molecule has 2 unspecified atom stereocenters. The van der Waals surface area contributed by atoms with Gasteiger partial charge in [-0.25, -0.2) is 0 Å². The molecule has 2 aliphatic rings. The lowest BCUT2D eigenvalue weighted by atomic mass is 9.72. The van der Waals surface area contributed by atoms with Crippen LogP contribution in [0, 0.1) is 5.92 Å². The van der Waals surface area contributed by atoms with Gasteiger partial charge in [-0.05, 0) is 25.3 Å². The Bertz CT molecular complexity index is 236. The molecule has 1 aliphatic heterocycles. The van der Waals surface area contributed by atoms with Crippen molar-refractivity contribution in [3.8, 4) is 0 Å². The fourth-order valence-electron chi connectivity index (χ4n) is 3.81. The summed E-state index contributed by atoms with van der Waals surface area (Å²) in [7, 11) is 0. The zero-order valence-corrected chi connectivity index (χ0v) is 11.6. The van der Waals surface area contributed by atoms with Crippen LogP contribution in [0.5, 0.6) is 0 Å². The number of nitrogens with two attached hydrogens (primary N) is 1. The van der Waals surface area contributed by atoms with Gasteiger partial charge in [-0.2, -0.15) is 0 Å². The number of hydrogen-bond acceptors (Lipinski definition) is 3. The second kappa shape index (κ2) is 5.68. The van der Waals surface area contributed by atoms with E-state index in [4.69, 9.17) is 5.73 Å². The third kappa shape index (κ3) is 2.51. The molecule has 3 heteroatoms. The van der Waals surface area contributed by atoms with Gasteiger partial charge in [0.15, 0.2) is 0 Å². The first-order chi connectivity index (χ1) is 8.23. The largest absolute Gasteiger partial charge is 0.329 e. The fourth-order valence-corrected chi connectivity index (χ4v) is 3.81. The molecule has 0 bridgehead atoms. The van der Waals surface area contributed by atoms with Crippen molar-refractivity contribution in [3.63, 3.8) is 0 Å². The van der Waals surface area contributed by atoms with Gasteiger partial charge in [0.1, 0.15) is 0 Å². The first-order valence-electron chi connectivity index (χ1n) is 7.40. The first-order valence-corrected chi connectivity index (χ1v) is 7.40. The molecule has 0 aromatic rings. The second-order valence-electron chi connectivity index (χ2n) is 5.88. The van der Waals surface area contributed by atoms with Crippen molar-refractivity contribution in [3.05, 3.63) is 0 Å². The van der Waals surface area contributed by atoms with Crippen LogP contribution in [0.2, 0.25) is 0 Å². The number of nitrogens with zero attached hydrogens (tertiary/aromatic N) is 2. The highest BCUT2D eigenvalue weighted by Gasteiger charge is 2.42. The predicted molar refractivity (Wildman–Crippen MR) is 73.1 cm³/mol. The van der Waals surface area contributed by atoms with E-state index in [9.17, 15) is 0 Å². The zero-order chi connectivity index (χ0) is 12.3. The summed E-state index contributed by atoms with van der Waals surface area (Å²) in [5.41, 5.74) is 6.49. The van der Waals surface area contributed by atoms with Gasteiger partial charge in [0.2, 0.25) is 0 Å². The van der Waals surface area contributed by atoms with Gasteiger partial charge in [0.05, 0.1) is 0 Å². The normalized spacial score (nSPS) is 37.2. The van der Waals surface area contributed by atoms with Crippen molar-refractivity contribution in [2.75, 3.05) is 39.3 Å².